The van der Waals surface area contributed by atoms with Gasteiger partial charge in [-0.2, -0.15) is 0 Å². The van der Waals surface area contributed by atoms with E-state index in [1.54, 1.807) is 19.2 Å². The van der Waals surface area contributed by atoms with Crippen molar-refractivity contribution in [2.24, 2.45) is 5.73 Å². The van der Waals surface area contributed by atoms with Crippen LogP contribution < -0.4 is 10.5 Å². The summed E-state index contributed by atoms with van der Waals surface area (Å²) in [6.07, 6.45) is 2.25. The number of rotatable bonds is 3. The number of hydrogen-bond acceptors (Lipinski definition) is 3. The number of primary amides is 1. The molecule has 25 heavy (non-hydrogen) atoms. The monoisotopic (exact) mass is 334 g/mol. The van der Waals surface area contributed by atoms with E-state index in [9.17, 15) is 9.59 Å². The molecule has 0 bridgehead atoms. The van der Waals surface area contributed by atoms with E-state index < -0.39 is 5.91 Å². The summed E-state index contributed by atoms with van der Waals surface area (Å²) < 4.78 is 7.59. The lowest BCUT2D eigenvalue weighted by Gasteiger charge is -2.18. The first kappa shape index (κ1) is 15.4. The molecule has 0 aliphatic heterocycles. The van der Waals surface area contributed by atoms with Crippen molar-refractivity contribution in [2.45, 2.75) is 19.3 Å². The Morgan fingerprint density at radius 1 is 1.16 bits per heavy atom. The van der Waals surface area contributed by atoms with Crippen molar-refractivity contribution in [1.82, 2.24) is 4.57 Å². The van der Waals surface area contributed by atoms with Crippen LogP contribution in [0.4, 0.5) is 0 Å². The summed E-state index contributed by atoms with van der Waals surface area (Å²) >= 11 is 0. The maximum Gasteiger partial charge on any atom is 0.248 e. The van der Waals surface area contributed by atoms with Crippen molar-refractivity contribution < 1.29 is 14.3 Å². The van der Waals surface area contributed by atoms with Gasteiger partial charge in [0, 0.05) is 28.6 Å². The zero-order valence-electron chi connectivity index (χ0n) is 13.9. The van der Waals surface area contributed by atoms with Gasteiger partial charge in [-0.1, -0.05) is 18.2 Å². The first-order chi connectivity index (χ1) is 12.1. The van der Waals surface area contributed by atoms with Gasteiger partial charge in [0.1, 0.15) is 5.75 Å². The third kappa shape index (κ3) is 2.31. The molecule has 0 fully saturated rings. The number of aromatic nitrogens is 1. The van der Waals surface area contributed by atoms with Gasteiger partial charge in [-0.05, 0) is 37.1 Å². The first-order valence-corrected chi connectivity index (χ1v) is 8.25. The van der Waals surface area contributed by atoms with E-state index in [1.807, 2.05) is 30.3 Å². The zero-order chi connectivity index (χ0) is 17.6. The SMILES string of the molecule is COc1cc(C(N)=O)ccc1-n1c2c(c3ccccc31)C(=O)CCC2. The molecule has 1 aromatic heterocycles. The van der Waals surface area contributed by atoms with Crippen LogP contribution in [0.25, 0.3) is 16.6 Å². The fraction of sp³-hybridized carbons (Fsp3) is 0.200. The van der Waals surface area contributed by atoms with Crippen LogP contribution in [0.2, 0.25) is 0 Å². The number of hydrogen-bond donors (Lipinski definition) is 1. The number of nitrogens with zero attached hydrogens (tertiary/aromatic N) is 1. The van der Waals surface area contributed by atoms with E-state index in [4.69, 9.17) is 10.5 Å². The van der Waals surface area contributed by atoms with Crippen molar-refractivity contribution in [3.63, 3.8) is 0 Å². The topological polar surface area (TPSA) is 74.3 Å². The van der Waals surface area contributed by atoms with E-state index >= 15 is 0 Å². The molecule has 2 aromatic carbocycles. The van der Waals surface area contributed by atoms with Crippen LogP contribution in [-0.2, 0) is 6.42 Å². The van der Waals surface area contributed by atoms with Gasteiger partial charge in [0.25, 0.3) is 0 Å². The average molecular weight is 334 g/mol. The number of para-hydroxylation sites is 1. The van der Waals surface area contributed by atoms with Crippen LogP contribution in [0.1, 0.15) is 39.3 Å². The first-order valence-electron chi connectivity index (χ1n) is 8.25. The smallest absolute Gasteiger partial charge is 0.248 e. The maximum absolute atomic E-state index is 12.5. The molecule has 5 nitrogen and oxygen atoms in total. The second-order valence-electron chi connectivity index (χ2n) is 6.20. The van der Waals surface area contributed by atoms with Gasteiger partial charge in [-0.25, -0.2) is 0 Å². The van der Waals surface area contributed by atoms with Crippen molar-refractivity contribution in [3.8, 4) is 11.4 Å². The van der Waals surface area contributed by atoms with Crippen molar-refractivity contribution in [2.75, 3.05) is 7.11 Å². The lowest BCUT2D eigenvalue weighted by atomic mass is 9.94. The summed E-state index contributed by atoms with van der Waals surface area (Å²) in [6, 6.07) is 13.0. The molecule has 0 saturated carbocycles. The molecule has 0 saturated heterocycles. The molecule has 1 heterocycles. The third-order valence-corrected chi connectivity index (χ3v) is 4.77. The number of fused-ring (bicyclic) bond motifs is 3. The van der Waals surface area contributed by atoms with Crippen LogP contribution in [0.15, 0.2) is 42.5 Å². The van der Waals surface area contributed by atoms with E-state index in [0.717, 1.165) is 40.7 Å². The second-order valence-corrected chi connectivity index (χ2v) is 6.20. The van der Waals surface area contributed by atoms with Crippen LogP contribution >= 0.6 is 0 Å². The molecule has 0 spiro atoms. The minimum Gasteiger partial charge on any atom is -0.495 e. The Hall–Kier alpha value is -3.08. The Morgan fingerprint density at radius 3 is 2.72 bits per heavy atom. The van der Waals surface area contributed by atoms with Crippen molar-refractivity contribution in [3.05, 3.63) is 59.3 Å². The molecule has 1 aliphatic rings. The molecule has 1 amide bonds. The molecular formula is C20H18N2O3. The fourth-order valence-corrected chi connectivity index (χ4v) is 3.67. The average Bonchev–Trinajstić information content (AvgIpc) is 2.96. The Bertz CT molecular complexity index is 1020. The summed E-state index contributed by atoms with van der Waals surface area (Å²) in [5.74, 6) is 0.237. The van der Waals surface area contributed by atoms with Gasteiger partial charge < -0.3 is 15.0 Å². The second kappa shape index (κ2) is 5.77. The van der Waals surface area contributed by atoms with Crippen molar-refractivity contribution >= 4 is 22.6 Å². The Morgan fingerprint density at radius 2 is 1.96 bits per heavy atom. The van der Waals surface area contributed by atoms with Gasteiger partial charge in [0.05, 0.1) is 18.3 Å². The van der Waals surface area contributed by atoms with Gasteiger partial charge in [-0.3, -0.25) is 9.59 Å². The standard InChI is InChI=1S/C20H18N2O3/c1-25-18-11-12(20(21)24)9-10-15(18)22-14-6-3-2-5-13(14)19-16(22)7-4-8-17(19)23/h2-3,5-6,9-11H,4,7-8H2,1H3,(H2,21,24). The molecule has 4 rings (SSSR count). The lowest BCUT2D eigenvalue weighted by Crippen LogP contribution is -2.14. The number of ether oxygens (including phenoxy) is 1. The lowest BCUT2D eigenvalue weighted by molar-refractivity contribution is 0.0971. The minimum absolute atomic E-state index is 0.184. The highest BCUT2D eigenvalue weighted by Gasteiger charge is 2.27. The fourth-order valence-electron chi connectivity index (χ4n) is 3.67. The maximum atomic E-state index is 12.5. The van der Waals surface area contributed by atoms with Gasteiger partial charge in [0.2, 0.25) is 5.91 Å². The quantitative estimate of drug-likeness (QED) is 0.799. The molecule has 1 aliphatic carbocycles. The van der Waals surface area contributed by atoms with E-state index in [2.05, 4.69) is 4.57 Å². The molecule has 2 N–H and O–H groups in total. The van der Waals surface area contributed by atoms with Crippen LogP contribution in [0.5, 0.6) is 5.75 Å². The molecule has 3 aromatic rings. The molecule has 0 radical (unpaired) electrons. The highest BCUT2D eigenvalue weighted by atomic mass is 16.5. The molecule has 126 valence electrons. The minimum atomic E-state index is -0.501. The number of nitrogens with two attached hydrogens (primary N) is 1. The molecule has 0 atom stereocenters. The van der Waals surface area contributed by atoms with E-state index in [1.165, 1.54) is 0 Å². The normalized spacial score (nSPS) is 13.7. The van der Waals surface area contributed by atoms with Gasteiger partial charge in [0.15, 0.2) is 5.78 Å². The largest absolute Gasteiger partial charge is 0.495 e. The molecule has 5 heteroatoms. The number of methoxy groups -OCH3 is 1. The van der Waals surface area contributed by atoms with Crippen LogP contribution in [0.3, 0.4) is 0 Å². The number of carbonyl (C=O) groups excluding carboxylic acids is 2. The number of carbonyl (C=O) groups is 2. The summed E-state index contributed by atoms with van der Waals surface area (Å²) in [7, 11) is 1.56. The summed E-state index contributed by atoms with van der Waals surface area (Å²) in [4.78, 5) is 24.0. The van der Waals surface area contributed by atoms with Crippen molar-refractivity contribution in [1.29, 1.82) is 0 Å². The number of benzene rings is 2. The number of Topliss-reactive ketones (excluding diaryl/α,β-unsaturated/α-hetero) is 1. The zero-order valence-corrected chi connectivity index (χ0v) is 13.9. The predicted octanol–water partition coefficient (Wildman–Crippen LogP) is 3.26. The molecular weight excluding hydrogens is 316 g/mol. The van der Waals surface area contributed by atoms with Crippen LogP contribution in [-0.4, -0.2) is 23.4 Å². The highest BCUT2D eigenvalue weighted by Crippen LogP contribution is 2.37. The van der Waals surface area contributed by atoms with Gasteiger partial charge in [-0.15, -0.1) is 0 Å². The van der Waals surface area contributed by atoms with E-state index in [0.29, 0.717) is 17.7 Å². The Balaban J connectivity index is 2.05. The Labute approximate surface area is 145 Å². The summed E-state index contributed by atoms with van der Waals surface area (Å²) in [5, 5.41) is 0.961. The summed E-state index contributed by atoms with van der Waals surface area (Å²) in [6.45, 7) is 0. The summed E-state index contributed by atoms with van der Waals surface area (Å²) in [5.41, 5.74) is 9.35. The molecule has 0 unspecified atom stereocenters. The third-order valence-electron chi connectivity index (χ3n) is 4.77. The highest BCUT2D eigenvalue weighted by molar-refractivity contribution is 6.10. The van der Waals surface area contributed by atoms with Crippen LogP contribution in [0, 0.1) is 0 Å². The number of ketones is 1. The predicted molar refractivity (Wildman–Crippen MR) is 95.6 cm³/mol. The number of amides is 1. The Kier molecular flexibility index (Phi) is 3.57. The van der Waals surface area contributed by atoms with Gasteiger partial charge >= 0.3 is 0 Å². The van der Waals surface area contributed by atoms with E-state index in [-0.39, 0.29) is 5.78 Å².